The second-order valence-electron chi connectivity index (χ2n) is 3.03. The SMILES string of the molecule is O=C(Nc1ccccc1)OCc1cnco1. The second kappa shape index (κ2) is 4.97. The molecule has 0 atom stereocenters. The number of benzene rings is 1. The van der Waals surface area contributed by atoms with E-state index in [0.717, 1.165) is 0 Å². The van der Waals surface area contributed by atoms with Crippen molar-refractivity contribution in [3.63, 3.8) is 0 Å². The number of rotatable bonds is 3. The van der Waals surface area contributed by atoms with Crippen LogP contribution in [0, 0.1) is 0 Å². The van der Waals surface area contributed by atoms with Crippen LogP contribution in [-0.2, 0) is 11.3 Å². The molecule has 1 N–H and O–H groups in total. The van der Waals surface area contributed by atoms with Crippen LogP contribution in [-0.4, -0.2) is 11.1 Å². The number of anilines is 1. The molecule has 0 bridgehead atoms. The van der Waals surface area contributed by atoms with Crippen molar-refractivity contribution >= 4 is 11.8 Å². The largest absolute Gasteiger partial charge is 0.445 e. The summed E-state index contributed by atoms with van der Waals surface area (Å²) in [5.74, 6) is 0.503. The minimum Gasteiger partial charge on any atom is -0.445 e. The molecule has 2 aromatic rings. The van der Waals surface area contributed by atoms with E-state index in [-0.39, 0.29) is 6.61 Å². The molecule has 0 aliphatic rings. The fourth-order valence-corrected chi connectivity index (χ4v) is 1.13. The topological polar surface area (TPSA) is 64.4 Å². The molecule has 0 saturated heterocycles. The van der Waals surface area contributed by atoms with Crippen LogP contribution < -0.4 is 5.32 Å². The zero-order valence-corrected chi connectivity index (χ0v) is 8.42. The Balaban J connectivity index is 1.81. The highest BCUT2D eigenvalue weighted by atomic mass is 16.6. The summed E-state index contributed by atoms with van der Waals surface area (Å²) in [7, 11) is 0. The third-order valence-corrected chi connectivity index (χ3v) is 1.85. The lowest BCUT2D eigenvalue weighted by atomic mass is 10.3. The van der Waals surface area contributed by atoms with Crippen LogP contribution in [0.4, 0.5) is 10.5 Å². The van der Waals surface area contributed by atoms with Crippen molar-refractivity contribution in [2.45, 2.75) is 6.61 Å². The maximum atomic E-state index is 11.3. The fourth-order valence-electron chi connectivity index (χ4n) is 1.13. The first kappa shape index (κ1) is 10.2. The van der Waals surface area contributed by atoms with Gasteiger partial charge in [0.15, 0.2) is 18.8 Å². The van der Waals surface area contributed by atoms with Gasteiger partial charge in [-0.3, -0.25) is 5.32 Å². The highest BCUT2D eigenvalue weighted by Crippen LogP contribution is 2.06. The molecule has 1 aromatic carbocycles. The number of carbonyl (C=O) groups excluding carboxylic acids is 1. The summed E-state index contributed by atoms with van der Waals surface area (Å²) in [6, 6.07) is 9.06. The summed E-state index contributed by atoms with van der Waals surface area (Å²) in [6.45, 7) is 0.0681. The van der Waals surface area contributed by atoms with Gasteiger partial charge in [-0.15, -0.1) is 0 Å². The number of nitrogens with one attached hydrogen (secondary N) is 1. The van der Waals surface area contributed by atoms with Crippen molar-refractivity contribution in [2.75, 3.05) is 5.32 Å². The Morgan fingerprint density at radius 1 is 1.38 bits per heavy atom. The van der Waals surface area contributed by atoms with E-state index in [1.54, 1.807) is 12.1 Å². The number of hydrogen-bond donors (Lipinski definition) is 1. The van der Waals surface area contributed by atoms with E-state index in [1.165, 1.54) is 12.6 Å². The van der Waals surface area contributed by atoms with Crippen LogP contribution in [0.3, 0.4) is 0 Å². The number of carbonyl (C=O) groups is 1. The Labute approximate surface area is 92.1 Å². The Morgan fingerprint density at radius 2 is 2.19 bits per heavy atom. The molecule has 16 heavy (non-hydrogen) atoms. The van der Waals surface area contributed by atoms with E-state index in [2.05, 4.69) is 10.3 Å². The molecule has 0 spiro atoms. The molecule has 1 amide bonds. The molecule has 0 fully saturated rings. The first-order valence-electron chi connectivity index (χ1n) is 4.71. The molecule has 0 aliphatic heterocycles. The Hall–Kier alpha value is -2.30. The van der Waals surface area contributed by atoms with Gasteiger partial charge in [-0.05, 0) is 12.1 Å². The van der Waals surface area contributed by atoms with Crippen LogP contribution in [0.15, 0.2) is 47.3 Å². The first-order chi connectivity index (χ1) is 7.84. The van der Waals surface area contributed by atoms with Crippen LogP contribution in [0.25, 0.3) is 0 Å². The summed E-state index contributed by atoms with van der Waals surface area (Å²) in [6.07, 6.45) is 2.26. The molecule has 5 heteroatoms. The van der Waals surface area contributed by atoms with Crippen molar-refractivity contribution < 1.29 is 13.9 Å². The summed E-state index contributed by atoms with van der Waals surface area (Å²) >= 11 is 0. The van der Waals surface area contributed by atoms with Crippen molar-refractivity contribution in [3.8, 4) is 0 Å². The van der Waals surface area contributed by atoms with Crippen LogP contribution >= 0.6 is 0 Å². The minimum atomic E-state index is -0.525. The number of nitrogens with zero attached hydrogens (tertiary/aromatic N) is 1. The molecule has 1 aromatic heterocycles. The van der Waals surface area contributed by atoms with Crippen molar-refractivity contribution in [1.82, 2.24) is 4.98 Å². The van der Waals surface area contributed by atoms with Crippen molar-refractivity contribution in [1.29, 1.82) is 0 Å². The van der Waals surface area contributed by atoms with Crippen LogP contribution in [0.5, 0.6) is 0 Å². The summed E-state index contributed by atoms with van der Waals surface area (Å²) in [5, 5.41) is 2.58. The molecular weight excluding hydrogens is 208 g/mol. The van der Waals surface area contributed by atoms with Gasteiger partial charge in [0.25, 0.3) is 0 Å². The number of para-hydroxylation sites is 1. The van der Waals surface area contributed by atoms with Crippen LogP contribution in [0.2, 0.25) is 0 Å². The minimum absolute atomic E-state index is 0.0681. The van der Waals surface area contributed by atoms with Gasteiger partial charge in [-0.25, -0.2) is 9.78 Å². The maximum absolute atomic E-state index is 11.3. The van der Waals surface area contributed by atoms with E-state index in [4.69, 9.17) is 9.15 Å². The number of oxazole rings is 1. The predicted octanol–water partition coefficient (Wildman–Crippen LogP) is 2.42. The fraction of sp³-hybridized carbons (Fsp3) is 0.0909. The van der Waals surface area contributed by atoms with E-state index < -0.39 is 6.09 Å². The predicted molar refractivity (Wildman–Crippen MR) is 56.8 cm³/mol. The number of hydrogen-bond acceptors (Lipinski definition) is 4. The average Bonchev–Trinajstić information content (AvgIpc) is 2.81. The quantitative estimate of drug-likeness (QED) is 0.859. The zero-order valence-electron chi connectivity index (χ0n) is 8.42. The zero-order chi connectivity index (χ0) is 11.2. The van der Waals surface area contributed by atoms with Crippen molar-refractivity contribution in [3.05, 3.63) is 48.7 Å². The molecule has 0 aliphatic carbocycles. The molecule has 0 radical (unpaired) electrons. The molecule has 2 rings (SSSR count). The second-order valence-corrected chi connectivity index (χ2v) is 3.03. The normalized spacial score (nSPS) is 9.75. The van der Waals surface area contributed by atoms with Crippen LogP contribution in [0.1, 0.15) is 5.76 Å². The van der Waals surface area contributed by atoms with E-state index in [9.17, 15) is 4.79 Å². The van der Waals surface area contributed by atoms with Gasteiger partial charge >= 0.3 is 6.09 Å². The van der Waals surface area contributed by atoms with Gasteiger partial charge in [0.05, 0.1) is 6.20 Å². The standard InChI is InChI=1S/C11H10N2O3/c14-11(13-9-4-2-1-3-5-9)15-7-10-6-12-8-16-10/h1-6,8H,7H2,(H,13,14). The van der Waals surface area contributed by atoms with Gasteiger partial charge in [-0.1, -0.05) is 18.2 Å². The first-order valence-corrected chi connectivity index (χ1v) is 4.71. The highest BCUT2D eigenvalue weighted by Gasteiger charge is 2.04. The van der Waals surface area contributed by atoms with E-state index in [0.29, 0.717) is 11.4 Å². The van der Waals surface area contributed by atoms with Gasteiger partial charge < -0.3 is 9.15 Å². The Kier molecular flexibility index (Phi) is 3.18. The monoisotopic (exact) mass is 218 g/mol. The molecular formula is C11H10N2O3. The Bertz CT molecular complexity index is 440. The molecule has 0 unspecified atom stereocenters. The average molecular weight is 218 g/mol. The molecule has 1 heterocycles. The molecule has 0 saturated carbocycles. The molecule has 5 nitrogen and oxygen atoms in total. The maximum Gasteiger partial charge on any atom is 0.412 e. The van der Waals surface area contributed by atoms with Gasteiger partial charge in [0.1, 0.15) is 0 Å². The smallest absolute Gasteiger partial charge is 0.412 e. The van der Waals surface area contributed by atoms with Crippen molar-refractivity contribution in [2.24, 2.45) is 0 Å². The number of aromatic nitrogens is 1. The summed E-state index contributed by atoms with van der Waals surface area (Å²) in [4.78, 5) is 15.0. The highest BCUT2D eigenvalue weighted by molar-refractivity contribution is 5.84. The summed E-state index contributed by atoms with van der Waals surface area (Å²) < 4.78 is 9.82. The lowest BCUT2D eigenvalue weighted by Crippen LogP contribution is -2.13. The summed E-state index contributed by atoms with van der Waals surface area (Å²) in [5.41, 5.74) is 0.685. The third-order valence-electron chi connectivity index (χ3n) is 1.85. The lowest BCUT2D eigenvalue weighted by molar-refractivity contribution is 0.146. The van der Waals surface area contributed by atoms with Gasteiger partial charge in [-0.2, -0.15) is 0 Å². The Morgan fingerprint density at radius 3 is 2.88 bits per heavy atom. The van der Waals surface area contributed by atoms with Gasteiger partial charge in [0, 0.05) is 5.69 Å². The van der Waals surface area contributed by atoms with E-state index in [1.807, 2.05) is 18.2 Å². The molecule has 82 valence electrons. The number of ether oxygens (including phenoxy) is 1. The van der Waals surface area contributed by atoms with Gasteiger partial charge in [0.2, 0.25) is 0 Å². The van der Waals surface area contributed by atoms with E-state index >= 15 is 0 Å². The number of amides is 1. The lowest BCUT2D eigenvalue weighted by Gasteiger charge is -2.04. The third kappa shape index (κ3) is 2.84.